The minimum atomic E-state index is -0.848. The van der Waals surface area contributed by atoms with Crippen LogP contribution < -0.4 is 0 Å². The number of para-hydroxylation sites is 1. The maximum atomic E-state index is 13.2. The zero-order valence-corrected chi connectivity index (χ0v) is 16.3. The van der Waals surface area contributed by atoms with Crippen molar-refractivity contribution in [2.24, 2.45) is 5.92 Å². The first-order valence-electron chi connectivity index (χ1n) is 9.27. The molecule has 28 heavy (non-hydrogen) atoms. The van der Waals surface area contributed by atoms with E-state index in [0.29, 0.717) is 18.5 Å². The van der Waals surface area contributed by atoms with Gasteiger partial charge in [0.15, 0.2) is 5.69 Å². The van der Waals surface area contributed by atoms with E-state index in [-0.39, 0.29) is 18.5 Å². The number of carbonyl (C=O) groups is 2. The topological polar surface area (TPSA) is 75.4 Å². The van der Waals surface area contributed by atoms with Gasteiger partial charge in [0.2, 0.25) is 0 Å². The summed E-state index contributed by atoms with van der Waals surface area (Å²) < 4.78 is 1.78. The first-order valence-corrected chi connectivity index (χ1v) is 10.2. The minimum absolute atomic E-state index is 0.00448. The lowest BCUT2D eigenvalue weighted by atomic mass is 9.93. The fraction of sp³-hybridized carbons (Fsp3) is 0.286. The van der Waals surface area contributed by atoms with Crippen LogP contribution in [0, 0.1) is 5.92 Å². The normalized spacial score (nSPS) is 19.5. The summed E-state index contributed by atoms with van der Waals surface area (Å²) in [5.41, 5.74) is 2.06. The van der Waals surface area contributed by atoms with Crippen LogP contribution in [0.15, 0.2) is 53.9 Å². The average molecular weight is 395 g/mol. The number of hydrogen-bond donors (Lipinski definition) is 1. The summed E-state index contributed by atoms with van der Waals surface area (Å²) in [5, 5.41) is 16.0. The van der Waals surface area contributed by atoms with E-state index in [1.807, 2.05) is 54.8 Å². The zero-order valence-electron chi connectivity index (χ0n) is 15.5. The molecule has 0 aliphatic carbocycles. The summed E-state index contributed by atoms with van der Waals surface area (Å²) >= 11 is 1.59. The van der Waals surface area contributed by atoms with Gasteiger partial charge in [-0.15, -0.1) is 11.3 Å². The Bertz CT molecular complexity index is 982. The lowest BCUT2D eigenvalue weighted by Crippen LogP contribution is -2.47. The summed E-state index contributed by atoms with van der Waals surface area (Å²) in [4.78, 5) is 27.3. The first kappa shape index (κ1) is 18.4. The number of rotatable bonds is 4. The van der Waals surface area contributed by atoms with Crippen molar-refractivity contribution in [3.05, 3.63) is 59.6 Å². The van der Waals surface area contributed by atoms with Crippen molar-refractivity contribution in [3.63, 3.8) is 0 Å². The second-order valence-electron chi connectivity index (χ2n) is 7.06. The van der Waals surface area contributed by atoms with Gasteiger partial charge in [0.05, 0.1) is 22.2 Å². The molecule has 1 N–H and O–H groups in total. The lowest BCUT2D eigenvalue weighted by Gasteiger charge is -2.36. The predicted octanol–water partition coefficient (Wildman–Crippen LogP) is 3.93. The van der Waals surface area contributed by atoms with Crippen molar-refractivity contribution in [2.45, 2.75) is 25.8 Å². The Morgan fingerprint density at radius 2 is 1.93 bits per heavy atom. The molecule has 2 aromatic heterocycles. The van der Waals surface area contributed by atoms with Gasteiger partial charge < -0.3 is 10.0 Å². The third-order valence-electron chi connectivity index (χ3n) is 5.20. The molecule has 2 atom stereocenters. The highest BCUT2D eigenvalue weighted by Crippen LogP contribution is 2.30. The number of aromatic nitrogens is 2. The maximum absolute atomic E-state index is 13.2. The van der Waals surface area contributed by atoms with Crippen LogP contribution in [0.25, 0.3) is 16.3 Å². The van der Waals surface area contributed by atoms with Crippen LogP contribution in [0.5, 0.6) is 0 Å². The molecule has 1 aliphatic heterocycles. The van der Waals surface area contributed by atoms with E-state index in [1.165, 1.54) is 0 Å². The van der Waals surface area contributed by atoms with Crippen LogP contribution in [-0.4, -0.2) is 44.3 Å². The summed E-state index contributed by atoms with van der Waals surface area (Å²) in [6.07, 6.45) is 1.28. The van der Waals surface area contributed by atoms with Crippen molar-refractivity contribution >= 4 is 23.2 Å². The van der Waals surface area contributed by atoms with Crippen molar-refractivity contribution in [1.29, 1.82) is 0 Å². The molecule has 1 aromatic carbocycles. The highest BCUT2D eigenvalue weighted by atomic mass is 32.1. The van der Waals surface area contributed by atoms with Gasteiger partial charge in [-0.05, 0) is 49.4 Å². The van der Waals surface area contributed by atoms with Gasteiger partial charge in [-0.3, -0.25) is 9.59 Å². The van der Waals surface area contributed by atoms with Gasteiger partial charge in [0.1, 0.15) is 0 Å². The molecule has 0 spiro atoms. The Hall–Kier alpha value is -2.93. The lowest BCUT2D eigenvalue weighted by molar-refractivity contribution is -0.143. The molecule has 2 unspecified atom stereocenters. The van der Waals surface area contributed by atoms with Gasteiger partial charge in [-0.25, -0.2) is 4.68 Å². The number of thiophene rings is 1. The largest absolute Gasteiger partial charge is 0.481 e. The molecule has 7 heteroatoms. The third-order valence-corrected chi connectivity index (χ3v) is 6.09. The van der Waals surface area contributed by atoms with Gasteiger partial charge in [0, 0.05) is 12.6 Å². The number of carbonyl (C=O) groups excluding carboxylic acids is 1. The molecule has 0 bridgehead atoms. The highest BCUT2D eigenvalue weighted by Gasteiger charge is 2.34. The Balaban J connectivity index is 1.72. The van der Waals surface area contributed by atoms with Gasteiger partial charge in [-0.2, -0.15) is 5.10 Å². The molecule has 1 saturated heterocycles. The predicted molar refractivity (Wildman–Crippen MR) is 108 cm³/mol. The number of benzene rings is 1. The molecule has 3 aromatic rings. The Labute approximate surface area is 167 Å². The number of piperidine rings is 1. The van der Waals surface area contributed by atoms with E-state index in [0.717, 1.165) is 16.3 Å². The molecule has 6 nitrogen and oxygen atoms in total. The Morgan fingerprint density at radius 1 is 1.14 bits per heavy atom. The number of hydrogen-bond acceptors (Lipinski definition) is 4. The number of nitrogens with zero attached hydrogens (tertiary/aromatic N) is 3. The fourth-order valence-corrected chi connectivity index (χ4v) is 4.32. The summed E-state index contributed by atoms with van der Waals surface area (Å²) in [6.45, 7) is 2.19. The van der Waals surface area contributed by atoms with E-state index in [4.69, 9.17) is 0 Å². The second-order valence-corrected chi connectivity index (χ2v) is 8.01. The van der Waals surface area contributed by atoms with Crippen LogP contribution in [0.1, 0.15) is 30.3 Å². The maximum Gasteiger partial charge on any atom is 0.308 e. The van der Waals surface area contributed by atoms with E-state index < -0.39 is 11.9 Å². The average Bonchev–Trinajstić information content (AvgIpc) is 3.38. The van der Waals surface area contributed by atoms with Gasteiger partial charge in [-0.1, -0.05) is 24.3 Å². The molecule has 1 aliphatic rings. The highest BCUT2D eigenvalue weighted by molar-refractivity contribution is 7.13. The van der Waals surface area contributed by atoms with Crippen LogP contribution in [0.3, 0.4) is 0 Å². The van der Waals surface area contributed by atoms with Crippen LogP contribution in [0.4, 0.5) is 0 Å². The smallest absolute Gasteiger partial charge is 0.308 e. The van der Waals surface area contributed by atoms with Crippen molar-refractivity contribution in [1.82, 2.24) is 14.7 Å². The number of carboxylic acid groups (broad SMARTS) is 1. The number of amides is 1. The van der Waals surface area contributed by atoms with Gasteiger partial charge in [0.25, 0.3) is 5.91 Å². The molecule has 144 valence electrons. The molecule has 1 amide bonds. The third kappa shape index (κ3) is 3.45. The summed E-state index contributed by atoms with van der Waals surface area (Å²) in [5.74, 6) is -1.59. The Kier molecular flexibility index (Phi) is 5.00. The summed E-state index contributed by atoms with van der Waals surface area (Å²) in [7, 11) is 0. The second kappa shape index (κ2) is 7.59. The summed E-state index contributed by atoms with van der Waals surface area (Å²) in [6, 6.07) is 15.5. The standard InChI is InChI=1S/C21H21N3O3S/c1-14-9-10-15(21(26)27)13-23(14)20(25)17-12-18(19-8-5-11-28-19)24(22-17)16-6-3-2-4-7-16/h2-8,11-12,14-15H,9-10,13H2,1H3,(H,26,27). The quantitative estimate of drug-likeness (QED) is 0.726. The van der Waals surface area contributed by atoms with Crippen molar-refractivity contribution < 1.29 is 14.7 Å². The molecule has 3 heterocycles. The van der Waals surface area contributed by atoms with Crippen LogP contribution >= 0.6 is 11.3 Å². The van der Waals surface area contributed by atoms with E-state index in [2.05, 4.69) is 5.10 Å². The van der Waals surface area contributed by atoms with Gasteiger partial charge >= 0.3 is 5.97 Å². The van der Waals surface area contributed by atoms with Crippen LogP contribution in [-0.2, 0) is 4.79 Å². The first-order chi connectivity index (χ1) is 13.5. The molecule has 0 saturated carbocycles. The van der Waals surface area contributed by atoms with Crippen LogP contribution in [0.2, 0.25) is 0 Å². The fourth-order valence-electron chi connectivity index (χ4n) is 3.59. The van der Waals surface area contributed by atoms with Crippen molar-refractivity contribution in [2.75, 3.05) is 6.54 Å². The molecule has 0 radical (unpaired) electrons. The monoisotopic (exact) mass is 395 g/mol. The molecule has 1 fully saturated rings. The number of aliphatic carboxylic acids is 1. The number of carboxylic acids is 1. The Morgan fingerprint density at radius 3 is 2.61 bits per heavy atom. The molecular weight excluding hydrogens is 374 g/mol. The minimum Gasteiger partial charge on any atom is -0.481 e. The van der Waals surface area contributed by atoms with E-state index >= 15 is 0 Å². The molecular formula is C21H21N3O3S. The number of likely N-dealkylation sites (tertiary alicyclic amines) is 1. The molecule has 4 rings (SSSR count). The van der Waals surface area contributed by atoms with Crippen molar-refractivity contribution in [3.8, 4) is 16.3 Å². The van der Waals surface area contributed by atoms with E-state index in [9.17, 15) is 14.7 Å². The van der Waals surface area contributed by atoms with E-state index in [1.54, 1.807) is 27.0 Å². The SMILES string of the molecule is CC1CCC(C(=O)O)CN1C(=O)c1cc(-c2cccs2)n(-c2ccccc2)n1. The zero-order chi connectivity index (χ0) is 19.7.